The van der Waals surface area contributed by atoms with Crippen molar-refractivity contribution in [1.29, 1.82) is 0 Å². The Morgan fingerprint density at radius 3 is 2.81 bits per heavy atom. The van der Waals surface area contributed by atoms with Gasteiger partial charge in [-0.15, -0.1) is 0 Å². The number of rotatable bonds is 8. The summed E-state index contributed by atoms with van der Waals surface area (Å²) in [5, 5.41) is 7.47. The zero-order valence-corrected chi connectivity index (χ0v) is 11.9. The topological polar surface area (TPSA) is 39.1 Å². The van der Waals surface area contributed by atoms with Gasteiger partial charge < -0.3 is 10.1 Å². The molecule has 0 saturated carbocycles. The van der Waals surface area contributed by atoms with Gasteiger partial charge in [0.05, 0.1) is 5.69 Å². The third kappa shape index (κ3) is 4.53. The van der Waals surface area contributed by atoms with Crippen LogP contribution in [0.2, 0.25) is 0 Å². The first-order valence-corrected chi connectivity index (χ1v) is 6.94. The molecule has 0 bridgehead atoms. The summed E-state index contributed by atoms with van der Waals surface area (Å²) in [7, 11) is 0. The van der Waals surface area contributed by atoms with Crippen LogP contribution in [0.5, 0.6) is 5.75 Å². The molecule has 1 N–H and O–H groups in total. The lowest BCUT2D eigenvalue weighted by molar-refractivity contribution is -0.0505. The standard InChI is InChI=1S/C15H19F2N3O/c1-2-9-20-13(7-8-19-20)11-18-10-12-5-3-4-6-14(12)21-15(16)17/h3-8,15,18H,2,9-11H2,1H3. The van der Waals surface area contributed by atoms with Crippen LogP contribution in [-0.4, -0.2) is 16.4 Å². The van der Waals surface area contributed by atoms with Crippen LogP contribution in [0.1, 0.15) is 24.6 Å². The molecule has 6 heteroatoms. The normalized spacial score (nSPS) is 11.0. The molecular formula is C15H19F2N3O. The van der Waals surface area contributed by atoms with Gasteiger partial charge in [0.1, 0.15) is 5.75 Å². The molecule has 1 heterocycles. The minimum absolute atomic E-state index is 0.210. The second kappa shape index (κ2) is 7.73. The van der Waals surface area contributed by atoms with Gasteiger partial charge in [-0.1, -0.05) is 25.1 Å². The van der Waals surface area contributed by atoms with Gasteiger partial charge in [0, 0.05) is 31.4 Å². The Morgan fingerprint density at radius 2 is 2.05 bits per heavy atom. The molecule has 2 aromatic rings. The first-order valence-electron chi connectivity index (χ1n) is 6.94. The largest absolute Gasteiger partial charge is 0.434 e. The number of para-hydroxylation sites is 1. The molecule has 114 valence electrons. The molecule has 0 fully saturated rings. The van der Waals surface area contributed by atoms with E-state index < -0.39 is 6.61 Å². The van der Waals surface area contributed by atoms with E-state index in [9.17, 15) is 8.78 Å². The minimum Gasteiger partial charge on any atom is -0.434 e. The van der Waals surface area contributed by atoms with Crippen LogP contribution in [0.15, 0.2) is 36.5 Å². The summed E-state index contributed by atoms with van der Waals surface area (Å²) < 4.78 is 31.1. The van der Waals surface area contributed by atoms with Crippen molar-refractivity contribution in [3.05, 3.63) is 47.8 Å². The number of alkyl halides is 2. The summed E-state index contributed by atoms with van der Waals surface area (Å²) in [6.07, 6.45) is 2.78. The average molecular weight is 295 g/mol. The quantitative estimate of drug-likeness (QED) is 0.813. The lowest BCUT2D eigenvalue weighted by Crippen LogP contribution is -2.17. The summed E-state index contributed by atoms with van der Waals surface area (Å²) in [5.41, 5.74) is 1.78. The molecule has 1 aromatic heterocycles. The van der Waals surface area contributed by atoms with Gasteiger partial charge in [-0.3, -0.25) is 4.68 Å². The van der Waals surface area contributed by atoms with Gasteiger partial charge in [-0.25, -0.2) is 0 Å². The third-order valence-electron chi connectivity index (χ3n) is 3.05. The Balaban J connectivity index is 1.92. The maximum Gasteiger partial charge on any atom is 0.387 e. The van der Waals surface area contributed by atoms with Gasteiger partial charge in [-0.2, -0.15) is 13.9 Å². The molecule has 4 nitrogen and oxygen atoms in total. The van der Waals surface area contributed by atoms with Gasteiger partial charge in [0.2, 0.25) is 0 Å². The van der Waals surface area contributed by atoms with Crippen molar-refractivity contribution >= 4 is 0 Å². The highest BCUT2D eigenvalue weighted by atomic mass is 19.3. The van der Waals surface area contributed by atoms with E-state index in [4.69, 9.17) is 0 Å². The molecule has 0 atom stereocenters. The summed E-state index contributed by atoms with van der Waals surface area (Å²) in [4.78, 5) is 0. The fourth-order valence-corrected chi connectivity index (χ4v) is 2.11. The highest BCUT2D eigenvalue weighted by molar-refractivity contribution is 5.33. The fraction of sp³-hybridized carbons (Fsp3) is 0.400. The molecule has 0 amide bonds. The molecule has 0 aliphatic heterocycles. The van der Waals surface area contributed by atoms with Gasteiger partial charge in [0.15, 0.2) is 0 Å². The number of hydrogen-bond acceptors (Lipinski definition) is 3. The Labute approximate surface area is 122 Å². The number of aromatic nitrogens is 2. The number of nitrogens with zero attached hydrogens (tertiary/aromatic N) is 2. The van der Waals surface area contributed by atoms with Crippen LogP contribution in [0.3, 0.4) is 0 Å². The molecule has 0 unspecified atom stereocenters. The molecule has 1 aromatic carbocycles. The minimum atomic E-state index is -2.81. The van der Waals surface area contributed by atoms with E-state index >= 15 is 0 Å². The van der Waals surface area contributed by atoms with Crippen molar-refractivity contribution in [3.63, 3.8) is 0 Å². The summed E-state index contributed by atoms with van der Waals surface area (Å²) >= 11 is 0. The maximum absolute atomic E-state index is 12.3. The van der Waals surface area contributed by atoms with Crippen molar-refractivity contribution in [2.24, 2.45) is 0 Å². The monoisotopic (exact) mass is 295 g/mol. The first-order chi connectivity index (χ1) is 10.2. The fourth-order valence-electron chi connectivity index (χ4n) is 2.11. The van der Waals surface area contributed by atoms with Gasteiger partial charge in [0.25, 0.3) is 0 Å². The van der Waals surface area contributed by atoms with E-state index in [1.54, 1.807) is 30.5 Å². The Morgan fingerprint density at radius 1 is 1.24 bits per heavy atom. The van der Waals surface area contributed by atoms with E-state index in [2.05, 4.69) is 22.1 Å². The zero-order valence-electron chi connectivity index (χ0n) is 11.9. The third-order valence-corrected chi connectivity index (χ3v) is 3.05. The van der Waals surface area contributed by atoms with Crippen molar-refractivity contribution < 1.29 is 13.5 Å². The SMILES string of the molecule is CCCn1nccc1CNCc1ccccc1OC(F)F. The predicted molar refractivity (Wildman–Crippen MR) is 76.1 cm³/mol. The number of ether oxygens (including phenoxy) is 1. The highest BCUT2D eigenvalue weighted by Gasteiger charge is 2.09. The smallest absolute Gasteiger partial charge is 0.387 e. The van der Waals surface area contributed by atoms with Crippen LogP contribution in [0, 0.1) is 0 Å². The van der Waals surface area contributed by atoms with Crippen molar-refractivity contribution in [2.75, 3.05) is 0 Å². The van der Waals surface area contributed by atoms with Gasteiger partial charge in [-0.05, 0) is 18.6 Å². The van der Waals surface area contributed by atoms with E-state index in [1.165, 1.54) is 0 Å². The van der Waals surface area contributed by atoms with Crippen molar-refractivity contribution in [2.45, 2.75) is 39.6 Å². The number of halogens is 2. The number of benzene rings is 1. The van der Waals surface area contributed by atoms with Crippen LogP contribution < -0.4 is 10.1 Å². The molecular weight excluding hydrogens is 276 g/mol. The first kappa shape index (κ1) is 15.4. The molecule has 21 heavy (non-hydrogen) atoms. The maximum atomic E-state index is 12.3. The van der Waals surface area contributed by atoms with Crippen molar-refractivity contribution in [1.82, 2.24) is 15.1 Å². The zero-order chi connectivity index (χ0) is 15.1. The van der Waals surface area contributed by atoms with E-state index in [0.717, 1.165) is 18.7 Å². The van der Waals surface area contributed by atoms with Crippen LogP contribution in [-0.2, 0) is 19.6 Å². The molecule has 2 rings (SSSR count). The Hall–Kier alpha value is -1.95. The van der Waals surface area contributed by atoms with Crippen molar-refractivity contribution in [3.8, 4) is 5.75 Å². The second-order valence-corrected chi connectivity index (χ2v) is 4.64. The van der Waals surface area contributed by atoms with Crippen LogP contribution in [0.4, 0.5) is 8.78 Å². The summed E-state index contributed by atoms with van der Waals surface area (Å²) in [5.74, 6) is 0.210. The molecule has 0 saturated heterocycles. The number of nitrogens with one attached hydrogen (secondary N) is 1. The van der Waals surface area contributed by atoms with E-state index in [0.29, 0.717) is 18.7 Å². The number of hydrogen-bond donors (Lipinski definition) is 1. The van der Waals surface area contributed by atoms with E-state index in [-0.39, 0.29) is 5.75 Å². The lowest BCUT2D eigenvalue weighted by Gasteiger charge is -2.12. The number of aryl methyl sites for hydroxylation is 1. The predicted octanol–water partition coefficient (Wildman–Crippen LogP) is 3.18. The Kier molecular flexibility index (Phi) is 5.68. The summed E-state index contributed by atoms with van der Waals surface area (Å²) in [6, 6.07) is 8.75. The molecule has 0 aliphatic rings. The second-order valence-electron chi connectivity index (χ2n) is 4.64. The summed E-state index contributed by atoms with van der Waals surface area (Å²) in [6.45, 7) is 1.24. The van der Waals surface area contributed by atoms with E-state index in [1.807, 2.05) is 10.7 Å². The average Bonchev–Trinajstić information content (AvgIpc) is 2.88. The highest BCUT2D eigenvalue weighted by Crippen LogP contribution is 2.20. The molecule has 0 spiro atoms. The molecule has 0 aliphatic carbocycles. The van der Waals surface area contributed by atoms with Crippen LogP contribution in [0.25, 0.3) is 0 Å². The Bertz CT molecular complexity index is 557. The molecule has 0 radical (unpaired) electrons. The van der Waals surface area contributed by atoms with Gasteiger partial charge >= 0.3 is 6.61 Å². The lowest BCUT2D eigenvalue weighted by atomic mass is 10.2. The van der Waals surface area contributed by atoms with Crippen LogP contribution >= 0.6 is 0 Å².